The van der Waals surface area contributed by atoms with Gasteiger partial charge in [-0.25, -0.2) is 0 Å². The lowest BCUT2D eigenvalue weighted by Crippen LogP contribution is -2.18. The summed E-state index contributed by atoms with van der Waals surface area (Å²) in [5.74, 6) is 0. The van der Waals surface area contributed by atoms with Crippen LogP contribution in [0.2, 0.25) is 5.02 Å². The Bertz CT molecular complexity index is 341. The minimum Gasteiger partial charge on any atom is -0.382 e. The summed E-state index contributed by atoms with van der Waals surface area (Å²) in [7, 11) is 0. The van der Waals surface area contributed by atoms with Gasteiger partial charge < -0.3 is 5.32 Å². The zero-order valence-electron chi connectivity index (χ0n) is 9.93. The second kappa shape index (κ2) is 5.58. The molecule has 0 amide bonds. The smallest absolute Gasteiger partial charge is 0.0426 e. The van der Waals surface area contributed by atoms with Gasteiger partial charge in [-0.3, -0.25) is 0 Å². The summed E-state index contributed by atoms with van der Waals surface area (Å²) < 4.78 is 0. The number of hydrogen-bond donors (Lipinski definition) is 1. The zero-order chi connectivity index (χ0) is 11.4. The van der Waals surface area contributed by atoms with Gasteiger partial charge in [0.15, 0.2) is 0 Å². The fourth-order valence-corrected chi connectivity index (χ4v) is 2.57. The van der Waals surface area contributed by atoms with Gasteiger partial charge >= 0.3 is 0 Å². The first-order chi connectivity index (χ1) is 7.75. The molecule has 1 N–H and O–H groups in total. The minimum atomic E-state index is 0.639. The summed E-state index contributed by atoms with van der Waals surface area (Å²) in [6.07, 6.45) is 8.10. The molecule has 88 valence electrons. The predicted molar refractivity (Wildman–Crippen MR) is 71.3 cm³/mol. The zero-order valence-corrected chi connectivity index (χ0v) is 10.7. The average Bonchev–Trinajstić information content (AvgIpc) is 2.52. The lowest BCUT2D eigenvalue weighted by atomic mass is 10.1. The van der Waals surface area contributed by atoms with Crippen molar-refractivity contribution in [3.8, 4) is 0 Å². The van der Waals surface area contributed by atoms with Gasteiger partial charge in [0.05, 0.1) is 0 Å². The first-order valence-electron chi connectivity index (χ1n) is 6.28. The molecule has 1 aromatic rings. The van der Waals surface area contributed by atoms with E-state index in [1.54, 1.807) is 0 Å². The largest absolute Gasteiger partial charge is 0.382 e. The fourth-order valence-electron chi connectivity index (χ4n) is 2.39. The number of rotatable bonds is 2. The standard InChI is InChI=1S/C14H20ClN/c1-11-8-9-12(15)10-14(11)16-13-6-4-2-3-5-7-13/h8-10,13,16H,2-7H2,1H3. The number of aryl methyl sites for hydroxylation is 1. The van der Waals surface area contributed by atoms with Crippen LogP contribution in [0, 0.1) is 6.92 Å². The number of benzene rings is 1. The Balaban J connectivity index is 2.04. The van der Waals surface area contributed by atoms with E-state index in [2.05, 4.69) is 18.3 Å². The lowest BCUT2D eigenvalue weighted by Gasteiger charge is -2.19. The number of nitrogens with one attached hydrogen (secondary N) is 1. The highest BCUT2D eigenvalue weighted by molar-refractivity contribution is 6.30. The summed E-state index contributed by atoms with van der Waals surface area (Å²) in [4.78, 5) is 0. The van der Waals surface area contributed by atoms with Gasteiger partial charge in [0.25, 0.3) is 0 Å². The third kappa shape index (κ3) is 3.15. The first-order valence-corrected chi connectivity index (χ1v) is 6.66. The summed E-state index contributed by atoms with van der Waals surface area (Å²) in [5, 5.41) is 4.47. The molecule has 0 aromatic heterocycles. The highest BCUT2D eigenvalue weighted by Gasteiger charge is 2.12. The van der Waals surface area contributed by atoms with E-state index in [0.29, 0.717) is 6.04 Å². The molecule has 1 aromatic carbocycles. The predicted octanol–water partition coefficient (Wildman–Crippen LogP) is 4.78. The van der Waals surface area contributed by atoms with Gasteiger partial charge in [0.2, 0.25) is 0 Å². The molecule has 2 rings (SSSR count). The maximum atomic E-state index is 6.03. The van der Waals surface area contributed by atoms with Crippen LogP contribution in [-0.4, -0.2) is 6.04 Å². The second-order valence-corrected chi connectivity index (χ2v) is 5.23. The molecule has 1 nitrogen and oxygen atoms in total. The number of halogens is 1. The van der Waals surface area contributed by atoms with Crippen LogP contribution in [0.1, 0.15) is 44.1 Å². The van der Waals surface area contributed by atoms with Gasteiger partial charge in [0.1, 0.15) is 0 Å². The molecule has 1 fully saturated rings. The highest BCUT2D eigenvalue weighted by atomic mass is 35.5. The number of hydrogen-bond acceptors (Lipinski definition) is 1. The van der Waals surface area contributed by atoms with Gasteiger partial charge in [0, 0.05) is 16.8 Å². The Morgan fingerprint density at radius 2 is 1.81 bits per heavy atom. The molecule has 0 spiro atoms. The Labute approximate surface area is 103 Å². The van der Waals surface area contributed by atoms with Gasteiger partial charge in [-0.15, -0.1) is 0 Å². The van der Waals surface area contributed by atoms with E-state index in [1.165, 1.54) is 49.8 Å². The Morgan fingerprint density at radius 3 is 2.50 bits per heavy atom. The van der Waals surface area contributed by atoms with Crippen LogP contribution >= 0.6 is 11.6 Å². The molecule has 0 saturated heterocycles. The molecular weight excluding hydrogens is 218 g/mol. The van der Waals surface area contributed by atoms with Crippen LogP contribution < -0.4 is 5.32 Å². The third-order valence-corrected chi connectivity index (χ3v) is 3.65. The van der Waals surface area contributed by atoms with Crippen molar-refractivity contribution < 1.29 is 0 Å². The number of anilines is 1. The van der Waals surface area contributed by atoms with Crippen molar-refractivity contribution in [2.24, 2.45) is 0 Å². The Hall–Kier alpha value is -0.690. The van der Waals surface area contributed by atoms with Crippen molar-refractivity contribution in [1.82, 2.24) is 0 Å². The normalized spacial score (nSPS) is 18.1. The van der Waals surface area contributed by atoms with E-state index in [9.17, 15) is 0 Å². The highest BCUT2D eigenvalue weighted by Crippen LogP contribution is 2.25. The molecule has 0 aliphatic heterocycles. The molecule has 1 aliphatic carbocycles. The molecular formula is C14H20ClN. The monoisotopic (exact) mass is 237 g/mol. The molecule has 0 bridgehead atoms. The topological polar surface area (TPSA) is 12.0 Å². The van der Waals surface area contributed by atoms with Crippen LogP contribution in [-0.2, 0) is 0 Å². The molecule has 1 saturated carbocycles. The van der Waals surface area contributed by atoms with Crippen molar-refractivity contribution in [3.05, 3.63) is 28.8 Å². The lowest BCUT2D eigenvalue weighted by molar-refractivity contribution is 0.619. The third-order valence-electron chi connectivity index (χ3n) is 3.41. The molecule has 0 radical (unpaired) electrons. The Morgan fingerprint density at radius 1 is 1.12 bits per heavy atom. The van der Waals surface area contributed by atoms with Crippen LogP contribution in [0.15, 0.2) is 18.2 Å². The molecule has 1 aliphatic rings. The Kier molecular flexibility index (Phi) is 4.11. The van der Waals surface area contributed by atoms with Crippen molar-refractivity contribution >= 4 is 17.3 Å². The van der Waals surface area contributed by atoms with Gasteiger partial charge in [-0.05, 0) is 37.5 Å². The quantitative estimate of drug-likeness (QED) is 0.730. The van der Waals surface area contributed by atoms with Crippen LogP contribution in [0.3, 0.4) is 0 Å². The molecule has 0 unspecified atom stereocenters. The van der Waals surface area contributed by atoms with Crippen molar-refractivity contribution in [1.29, 1.82) is 0 Å². The maximum Gasteiger partial charge on any atom is 0.0426 e. The van der Waals surface area contributed by atoms with E-state index in [-0.39, 0.29) is 0 Å². The molecule has 16 heavy (non-hydrogen) atoms. The molecule has 2 heteroatoms. The van der Waals surface area contributed by atoms with E-state index < -0.39 is 0 Å². The second-order valence-electron chi connectivity index (χ2n) is 4.79. The van der Waals surface area contributed by atoms with Crippen LogP contribution in [0.4, 0.5) is 5.69 Å². The summed E-state index contributed by atoms with van der Waals surface area (Å²) in [6, 6.07) is 6.72. The van der Waals surface area contributed by atoms with E-state index in [1.807, 2.05) is 12.1 Å². The molecule has 0 heterocycles. The van der Waals surface area contributed by atoms with Crippen LogP contribution in [0.5, 0.6) is 0 Å². The van der Waals surface area contributed by atoms with E-state index in [4.69, 9.17) is 11.6 Å². The van der Waals surface area contributed by atoms with Crippen LogP contribution in [0.25, 0.3) is 0 Å². The fraction of sp³-hybridized carbons (Fsp3) is 0.571. The van der Waals surface area contributed by atoms with Crippen molar-refractivity contribution in [2.75, 3.05) is 5.32 Å². The van der Waals surface area contributed by atoms with Gasteiger partial charge in [-0.2, -0.15) is 0 Å². The summed E-state index contributed by atoms with van der Waals surface area (Å²) in [6.45, 7) is 2.13. The summed E-state index contributed by atoms with van der Waals surface area (Å²) >= 11 is 6.03. The van der Waals surface area contributed by atoms with Gasteiger partial charge in [-0.1, -0.05) is 43.4 Å². The first kappa shape index (κ1) is 11.8. The maximum absolute atomic E-state index is 6.03. The molecule has 0 atom stereocenters. The van der Waals surface area contributed by atoms with E-state index in [0.717, 1.165) is 5.02 Å². The van der Waals surface area contributed by atoms with E-state index >= 15 is 0 Å². The van der Waals surface area contributed by atoms with Crippen molar-refractivity contribution in [2.45, 2.75) is 51.5 Å². The van der Waals surface area contributed by atoms with Crippen molar-refractivity contribution in [3.63, 3.8) is 0 Å². The SMILES string of the molecule is Cc1ccc(Cl)cc1NC1CCCCCC1. The average molecular weight is 238 g/mol. The summed E-state index contributed by atoms with van der Waals surface area (Å²) in [5.41, 5.74) is 2.49. The minimum absolute atomic E-state index is 0.639.